The van der Waals surface area contributed by atoms with E-state index in [0.29, 0.717) is 31.9 Å². The second kappa shape index (κ2) is 6.62. The molecule has 1 saturated carbocycles. The molecule has 3 aliphatic rings. The highest BCUT2D eigenvalue weighted by atomic mass is 16.5. The summed E-state index contributed by atoms with van der Waals surface area (Å²) in [5, 5.41) is 0.937. The predicted molar refractivity (Wildman–Crippen MR) is 117 cm³/mol. The quantitative estimate of drug-likeness (QED) is 0.646. The molecule has 1 saturated heterocycles. The van der Waals surface area contributed by atoms with Crippen LogP contribution in [0.25, 0.3) is 22.0 Å². The van der Waals surface area contributed by atoms with Crippen LogP contribution in [0.3, 0.4) is 0 Å². The first kappa shape index (κ1) is 18.5. The number of hydrogen-bond acceptors (Lipinski definition) is 4. The van der Waals surface area contributed by atoms with E-state index in [1.165, 1.54) is 0 Å². The molecule has 1 aromatic heterocycles. The zero-order valence-corrected chi connectivity index (χ0v) is 17.4. The molecular formula is C25H23N3O3. The number of pyridine rings is 1. The van der Waals surface area contributed by atoms with Gasteiger partial charge in [0, 0.05) is 42.8 Å². The Morgan fingerprint density at radius 1 is 1.06 bits per heavy atom. The first-order valence-electron chi connectivity index (χ1n) is 10.8. The number of rotatable bonds is 2. The Morgan fingerprint density at radius 3 is 2.65 bits per heavy atom. The Balaban J connectivity index is 1.40. The maximum atomic E-state index is 12.9. The molecule has 0 bridgehead atoms. The van der Waals surface area contributed by atoms with Gasteiger partial charge in [-0.3, -0.25) is 14.6 Å². The van der Waals surface area contributed by atoms with Crippen molar-refractivity contribution in [2.45, 2.75) is 18.4 Å². The second-order valence-corrected chi connectivity index (χ2v) is 8.66. The summed E-state index contributed by atoms with van der Waals surface area (Å²) in [6.45, 7) is 2.38. The lowest BCUT2D eigenvalue weighted by Crippen LogP contribution is -2.40. The number of carbonyl (C=O) groups excluding carboxylic acids is 2. The fraction of sp³-hybridized carbons (Fsp3) is 0.320. The zero-order chi connectivity index (χ0) is 21.2. The molecular weight excluding hydrogens is 390 g/mol. The van der Waals surface area contributed by atoms with Gasteiger partial charge in [-0.15, -0.1) is 0 Å². The molecule has 0 unspecified atom stereocenters. The van der Waals surface area contributed by atoms with Crippen LogP contribution in [0.15, 0.2) is 48.7 Å². The van der Waals surface area contributed by atoms with Gasteiger partial charge in [0.1, 0.15) is 0 Å². The van der Waals surface area contributed by atoms with E-state index in [0.717, 1.165) is 46.0 Å². The van der Waals surface area contributed by atoms with E-state index in [9.17, 15) is 9.59 Å². The standard InChI is InChI=1S/C25H23N3O3/c1-27-24(30)20-6-5-16(14-21(20)25(27)7-8-25)19-4-2-3-17-13-18(15-26-22(17)19)23(29)28-9-11-31-12-10-28/h2-6,13-15H,7-12H2,1H3. The van der Waals surface area contributed by atoms with Crippen molar-refractivity contribution in [3.63, 3.8) is 0 Å². The van der Waals surface area contributed by atoms with Gasteiger partial charge in [-0.05, 0) is 42.2 Å². The normalized spacial score (nSPS) is 19.2. The van der Waals surface area contributed by atoms with Crippen molar-refractivity contribution in [1.29, 1.82) is 0 Å². The summed E-state index contributed by atoms with van der Waals surface area (Å²) in [5.41, 5.74) is 5.37. The number of para-hydroxylation sites is 1. The van der Waals surface area contributed by atoms with Crippen LogP contribution in [-0.2, 0) is 10.3 Å². The molecule has 6 heteroatoms. The van der Waals surface area contributed by atoms with Crippen molar-refractivity contribution < 1.29 is 14.3 Å². The fourth-order valence-corrected chi connectivity index (χ4v) is 5.02. The Hall–Kier alpha value is -3.25. The first-order chi connectivity index (χ1) is 15.1. The summed E-state index contributed by atoms with van der Waals surface area (Å²) < 4.78 is 5.35. The third-order valence-electron chi connectivity index (χ3n) is 6.99. The van der Waals surface area contributed by atoms with Crippen LogP contribution in [0.5, 0.6) is 0 Å². The molecule has 2 aliphatic heterocycles. The van der Waals surface area contributed by atoms with Gasteiger partial charge in [0.2, 0.25) is 0 Å². The summed E-state index contributed by atoms with van der Waals surface area (Å²) in [7, 11) is 1.90. The van der Waals surface area contributed by atoms with E-state index < -0.39 is 0 Å². The largest absolute Gasteiger partial charge is 0.378 e. The highest BCUT2D eigenvalue weighted by Crippen LogP contribution is 2.56. The smallest absolute Gasteiger partial charge is 0.255 e. The van der Waals surface area contributed by atoms with Crippen LogP contribution in [0, 0.1) is 0 Å². The van der Waals surface area contributed by atoms with Crippen LogP contribution in [-0.4, -0.2) is 59.9 Å². The molecule has 0 radical (unpaired) electrons. The Morgan fingerprint density at radius 2 is 1.87 bits per heavy atom. The molecule has 31 heavy (non-hydrogen) atoms. The summed E-state index contributed by atoms with van der Waals surface area (Å²) in [6.07, 6.45) is 3.72. The number of fused-ring (bicyclic) bond motifs is 3. The molecule has 6 rings (SSSR count). The van der Waals surface area contributed by atoms with Gasteiger partial charge in [0.05, 0.1) is 29.8 Å². The van der Waals surface area contributed by atoms with Gasteiger partial charge < -0.3 is 14.5 Å². The number of ether oxygens (including phenoxy) is 1. The van der Waals surface area contributed by atoms with Crippen LogP contribution >= 0.6 is 0 Å². The van der Waals surface area contributed by atoms with E-state index in [-0.39, 0.29) is 17.4 Å². The van der Waals surface area contributed by atoms with Crippen molar-refractivity contribution in [3.05, 3.63) is 65.4 Å². The number of carbonyl (C=O) groups is 2. The lowest BCUT2D eigenvalue weighted by atomic mass is 9.95. The highest BCUT2D eigenvalue weighted by molar-refractivity contribution is 6.03. The number of amides is 2. The van der Waals surface area contributed by atoms with E-state index in [1.54, 1.807) is 6.20 Å². The van der Waals surface area contributed by atoms with Crippen LogP contribution < -0.4 is 0 Å². The molecule has 1 aliphatic carbocycles. The summed E-state index contributed by atoms with van der Waals surface area (Å²) in [6, 6.07) is 14.1. The summed E-state index contributed by atoms with van der Waals surface area (Å²) in [4.78, 5) is 33.9. The van der Waals surface area contributed by atoms with E-state index in [4.69, 9.17) is 9.72 Å². The van der Waals surface area contributed by atoms with E-state index >= 15 is 0 Å². The Kier molecular flexibility index (Phi) is 3.96. The Bertz CT molecular complexity index is 1240. The molecule has 156 valence electrons. The number of hydrogen-bond donors (Lipinski definition) is 0. The average molecular weight is 413 g/mol. The molecule has 0 atom stereocenters. The minimum Gasteiger partial charge on any atom is -0.378 e. The van der Waals surface area contributed by atoms with Crippen LogP contribution in [0.4, 0.5) is 0 Å². The van der Waals surface area contributed by atoms with E-state index in [1.807, 2.05) is 47.2 Å². The molecule has 6 nitrogen and oxygen atoms in total. The van der Waals surface area contributed by atoms with Gasteiger partial charge in [0.15, 0.2) is 0 Å². The minimum atomic E-state index is -0.113. The lowest BCUT2D eigenvalue weighted by Gasteiger charge is -2.26. The molecule has 3 aromatic rings. The van der Waals surface area contributed by atoms with Gasteiger partial charge in [-0.25, -0.2) is 0 Å². The maximum absolute atomic E-state index is 12.9. The molecule has 1 spiro atoms. The van der Waals surface area contributed by atoms with Crippen molar-refractivity contribution in [3.8, 4) is 11.1 Å². The lowest BCUT2D eigenvalue weighted by molar-refractivity contribution is 0.0302. The van der Waals surface area contributed by atoms with Crippen molar-refractivity contribution >= 4 is 22.7 Å². The monoisotopic (exact) mass is 413 g/mol. The first-order valence-corrected chi connectivity index (χ1v) is 10.8. The van der Waals surface area contributed by atoms with Crippen LogP contribution in [0.1, 0.15) is 39.1 Å². The Labute approximate surface area is 180 Å². The minimum absolute atomic E-state index is 0.00198. The third kappa shape index (κ3) is 2.71. The topological polar surface area (TPSA) is 62.7 Å². The summed E-state index contributed by atoms with van der Waals surface area (Å²) >= 11 is 0. The number of aromatic nitrogens is 1. The number of morpholine rings is 1. The van der Waals surface area contributed by atoms with Gasteiger partial charge >= 0.3 is 0 Å². The SMILES string of the molecule is CN1C(=O)c2ccc(-c3cccc4cc(C(=O)N5CCOCC5)cnc34)cc2C12CC2. The van der Waals surface area contributed by atoms with E-state index in [2.05, 4.69) is 12.1 Å². The molecule has 2 fully saturated rings. The molecule has 2 amide bonds. The van der Waals surface area contributed by atoms with Crippen molar-refractivity contribution in [2.75, 3.05) is 33.4 Å². The zero-order valence-electron chi connectivity index (χ0n) is 17.4. The van der Waals surface area contributed by atoms with Gasteiger partial charge in [-0.2, -0.15) is 0 Å². The van der Waals surface area contributed by atoms with Crippen molar-refractivity contribution in [2.24, 2.45) is 0 Å². The predicted octanol–water partition coefficient (Wildman–Crippen LogP) is 3.45. The van der Waals surface area contributed by atoms with Crippen molar-refractivity contribution in [1.82, 2.24) is 14.8 Å². The highest BCUT2D eigenvalue weighted by Gasteiger charge is 2.56. The summed E-state index contributed by atoms with van der Waals surface area (Å²) in [5.74, 6) is 0.110. The fourth-order valence-electron chi connectivity index (χ4n) is 5.02. The number of nitrogens with zero attached hydrogens (tertiary/aromatic N) is 3. The van der Waals surface area contributed by atoms with Gasteiger partial charge in [-0.1, -0.05) is 24.3 Å². The molecule has 3 heterocycles. The van der Waals surface area contributed by atoms with Crippen LogP contribution in [0.2, 0.25) is 0 Å². The maximum Gasteiger partial charge on any atom is 0.255 e. The molecule has 2 aromatic carbocycles. The second-order valence-electron chi connectivity index (χ2n) is 8.66. The van der Waals surface area contributed by atoms with Gasteiger partial charge in [0.25, 0.3) is 11.8 Å². The number of benzene rings is 2. The third-order valence-corrected chi connectivity index (χ3v) is 6.99. The average Bonchev–Trinajstić information content (AvgIpc) is 3.61. The molecule has 0 N–H and O–H groups in total.